The number of aromatic nitrogens is 4. The van der Waals surface area contributed by atoms with E-state index in [0.29, 0.717) is 49.5 Å². The number of fused-ring (bicyclic) bond motifs is 2. The largest absolute Gasteiger partial charge is 0.371 e. The molecule has 5 fully saturated rings. The van der Waals surface area contributed by atoms with Gasteiger partial charge in [0.25, 0.3) is 17.7 Å². The van der Waals surface area contributed by atoms with Crippen LogP contribution in [0.15, 0.2) is 73.3 Å². The number of benzene rings is 3. The number of carbonyl (C=O) groups excluding carboxylic acids is 5. The summed E-state index contributed by atoms with van der Waals surface area (Å²) in [5, 5.41) is 9.41. The van der Waals surface area contributed by atoms with Gasteiger partial charge in [-0.25, -0.2) is 15.0 Å². The lowest BCUT2D eigenvalue weighted by Gasteiger charge is -2.56. The average Bonchev–Trinajstić information content (AvgIpc) is 3.82. The van der Waals surface area contributed by atoms with E-state index in [4.69, 9.17) is 23.2 Å². The highest BCUT2D eigenvalue weighted by Crippen LogP contribution is 2.52. The molecular formula is C47H47Cl2N11O5. The first-order chi connectivity index (χ1) is 31.5. The summed E-state index contributed by atoms with van der Waals surface area (Å²) in [6.07, 6.45) is 9.62. The highest BCUT2D eigenvalue weighted by Gasteiger charge is 2.49. The number of amides is 5. The Morgan fingerprint density at radius 3 is 2.18 bits per heavy atom. The monoisotopic (exact) mass is 915 g/mol. The molecule has 0 unspecified atom stereocenters. The molecule has 2 saturated carbocycles. The van der Waals surface area contributed by atoms with E-state index < -0.39 is 23.8 Å². The van der Waals surface area contributed by atoms with Gasteiger partial charge in [-0.3, -0.25) is 39.1 Å². The van der Waals surface area contributed by atoms with Crippen molar-refractivity contribution in [2.24, 2.45) is 5.41 Å². The molecule has 3 aromatic carbocycles. The number of hydrogen-bond donors (Lipinski definition) is 3. The van der Waals surface area contributed by atoms with E-state index in [1.54, 1.807) is 43.0 Å². The van der Waals surface area contributed by atoms with E-state index in [9.17, 15) is 24.0 Å². The molecule has 2 aromatic heterocycles. The van der Waals surface area contributed by atoms with Crippen LogP contribution in [0, 0.1) is 5.41 Å². The molecule has 6 heterocycles. The second kappa shape index (κ2) is 16.4. The topological polar surface area (TPSA) is 178 Å². The van der Waals surface area contributed by atoms with Gasteiger partial charge in [-0.15, -0.1) is 0 Å². The standard InChI is InChI=1S/C47H47Cl2N11O5/c48-35-2-1-3-36(49)39(35)44(63)54-28-20-31(21-28)59-26-52-40-41(50-25-51-42(40)59)53-27-4-6-29(7-5-27)57-16-18-58(19-17-57)32-23-47(24-32)12-14-56(15-13-47)30-8-9-33-34(22-30)46(65)60(45(33)64)37-10-11-38(61)55-43(37)62/h1-9,22,25-26,28,31-32,37H,10-21,23-24H2,(H,54,63)(H,50,51,53)(H,55,61,62)/t28?,31?,37-/m0/s1. The van der Waals surface area contributed by atoms with Crippen molar-refractivity contribution in [1.29, 1.82) is 0 Å². The van der Waals surface area contributed by atoms with Gasteiger partial charge < -0.3 is 25.0 Å². The van der Waals surface area contributed by atoms with E-state index in [1.807, 2.05) is 6.07 Å². The maximum atomic E-state index is 13.4. The van der Waals surface area contributed by atoms with Gasteiger partial charge in [-0.1, -0.05) is 29.3 Å². The third kappa shape index (κ3) is 7.54. The van der Waals surface area contributed by atoms with Gasteiger partial charge in [-0.2, -0.15) is 0 Å². The quantitative estimate of drug-likeness (QED) is 0.148. The number of imide groups is 2. The molecule has 16 nitrogen and oxygen atoms in total. The fourth-order valence-electron chi connectivity index (χ4n) is 10.9. The minimum absolute atomic E-state index is 0.0140. The summed E-state index contributed by atoms with van der Waals surface area (Å²) < 4.78 is 2.05. The summed E-state index contributed by atoms with van der Waals surface area (Å²) in [4.78, 5) is 85.8. The lowest BCUT2D eigenvalue weighted by atomic mass is 9.60. The molecule has 5 aromatic rings. The molecule has 6 aliphatic rings. The Balaban J connectivity index is 0.639. The lowest BCUT2D eigenvalue weighted by molar-refractivity contribution is -0.136. The minimum Gasteiger partial charge on any atom is -0.371 e. The van der Waals surface area contributed by atoms with Gasteiger partial charge >= 0.3 is 0 Å². The Hall–Kier alpha value is -6.10. The molecule has 1 spiro atoms. The summed E-state index contributed by atoms with van der Waals surface area (Å²) in [6, 6.07) is 18.7. The van der Waals surface area contributed by atoms with Gasteiger partial charge in [0.2, 0.25) is 11.8 Å². The second-order valence-corrected chi connectivity index (χ2v) is 19.2. The van der Waals surface area contributed by atoms with Crippen LogP contribution in [0.5, 0.6) is 0 Å². The van der Waals surface area contributed by atoms with Gasteiger partial charge in [0.1, 0.15) is 12.4 Å². The molecule has 334 valence electrons. The van der Waals surface area contributed by atoms with Crippen molar-refractivity contribution in [3.63, 3.8) is 0 Å². The van der Waals surface area contributed by atoms with Crippen LogP contribution in [0.4, 0.5) is 22.9 Å². The van der Waals surface area contributed by atoms with Gasteiger partial charge in [0.05, 0.1) is 33.1 Å². The number of nitrogens with one attached hydrogen (secondary N) is 3. The summed E-state index contributed by atoms with van der Waals surface area (Å²) in [5.41, 5.74) is 5.71. The molecule has 3 N–H and O–H groups in total. The number of piperidine rings is 2. The fourth-order valence-corrected chi connectivity index (χ4v) is 11.4. The van der Waals surface area contributed by atoms with E-state index in [1.165, 1.54) is 18.5 Å². The predicted octanol–water partition coefficient (Wildman–Crippen LogP) is 5.98. The number of imidazole rings is 1. The van der Waals surface area contributed by atoms with Gasteiger partial charge in [-0.05, 0) is 105 Å². The highest BCUT2D eigenvalue weighted by molar-refractivity contribution is 6.39. The molecule has 11 rings (SSSR count). The number of carbonyl (C=O) groups is 5. The highest BCUT2D eigenvalue weighted by atomic mass is 35.5. The smallest absolute Gasteiger partial charge is 0.262 e. The number of anilines is 4. The van der Waals surface area contributed by atoms with Gasteiger partial charge in [0.15, 0.2) is 17.0 Å². The van der Waals surface area contributed by atoms with Crippen LogP contribution in [0.2, 0.25) is 10.0 Å². The number of hydrogen-bond acceptors (Lipinski definition) is 12. The first-order valence-corrected chi connectivity index (χ1v) is 23.2. The maximum absolute atomic E-state index is 13.4. The van der Waals surface area contributed by atoms with Crippen LogP contribution < -0.4 is 25.8 Å². The zero-order valence-corrected chi connectivity index (χ0v) is 37.0. The molecule has 5 amide bonds. The Labute approximate surface area is 384 Å². The Morgan fingerprint density at radius 2 is 1.46 bits per heavy atom. The SMILES string of the molecule is O=C1CC[C@H](N2C(=O)c3ccc(N4CCC5(CC4)CC(N4CCN(c6ccc(Nc7ncnc8c7ncn8C7CC(NC(=O)c8c(Cl)cccc8Cl)C7)cc6)CC4)C5)cc3C2=O)C(=O)N1. The lowest BCUT2D eigenvalue weighted by Crippen LogP contribution is -2.59. The van der Waals surface area contributed by atoms with Crippen molar-refractivity contribution in [2.75, 3.05) is 54.4 Å². The Kier molecular flexibility index (Phi) is 10.5. The van der Waals surface area contributed by atoms with Crippen LogP contribution in [-0.4, -0.2) is 116 Å². The molecule has 3 saturated heterocycles. The predicted molar refractivity (Wildman–Crippen MR) is 245 cm³/mol. The van der Waals surface area contributed by atoms with Crippen molar-refractivity contribution >= 4 is 86.8 Å². The van der Waals surface area contributed by atoms with Crippen molar-refractivity contribution in [3.05, 3.63) is 100 Å². The van der Waals surface area contributed by atoms with Crippen LogP contribution in [0.25, 0.3) is 11.2 Å². The van der Waals surface area contributed by atoms with Crippen LogP contribution >= 0.6 is 23.2 Å². The molecule has 2 aliphatic carbocycles. The normalized spacial score (nSPS) is 23.4. The molecule has 65 heavy (non-hydrogen) atoms. The van der Waals surface area contributed by atoms with E-state index >= 15 is 0 Å². The van der Waals surface area contributed by atoms with Crippen molar-refractivity contribution in [1.82, 2.24) is 40.0 Å². The third-order valence-corrected chi connectivity index (χ3v) is 15.3. The summed E-state index contributed by atoms with van der Waals surface area (Å²) >= 11 is 12.5. The van der Waals surface area contributed by atoms with Crippen LogP contribution in [0.1, 0.15) is 88.5 Å². The van der Waals surface area contributed by atoms with E-state index in [0.717, 1.165) is 86.9 Å². The average molecular weight is 917 g/mol. The van der Waals surface area contributed by atoms with Crippen molar-refractivity contribution in [3.8, 4) is 0 Å². The number of piperazine rings is 1. The second-order valence-electron chi connectivity index (χ2n) is 18.4. The zero-order valence-electron chi connectivity index (χ0n) is 35.5. The van der Waals surface area contributed by atoms with Crippen LogP contribution in [0.3, 0.4) is 0 Å². The molecule has 1 atom stereocenters. The number of halogens is 2. The Bertz CT molecular complexity index is 2730. The van der Waals surface area contributed by atoms with E-state index in [2.05, 4.69) is 74.4 Å². The first kappa shape index (κ1) is 41.6. The van der Waals surface area contributed by atoms with Crippen LogP contribution in [-0.2, 0) is 9.59 Å². The maximum Gasteiger partial charge on any atom is 0.262 e. The van der Waals surface area contributed by atoms with Crippen molar-refractivity contribution < 1.29 is 24.0 Å². The van der Waals surface area contributed by atoms with Crippen molar-refractivity contribution in [2.45, 2.75) is 75.5 Å². The molecule has 0 bridgehead atoms. The summed E-state index contributed by atoms with van der Waals surface area (Å²) in [7, 11) is 0. The summed E-state index contributed by atoms with van der Waals surface area (Å²) in [6.45, 7) is 5.76. The van der Waals surface area contributed by atoms with E-state index in [-0.39, 0.29) is 36.7 Å². The first-order valence-electron chi connectivity index (χ1n) is 22.4. The molecular weight excluding hydrogens is 869 g/mol. The fraction of sp³-hybridized carbons (Fsp3) is 0.404. The third-order valence-electron chi connectivity index (χ3n) is 14.7. The summed E-state index contributed by atoms with van der Waals surface area (Å²) in [5.74, 6) is -1.57. The zero-order chi connectivity index (χ0) is 44.6. The minimum atomic E-state index is -0.966. The molecule has 18 heteroatoms. The molecule has 0 radical (unpaired) electrons. The number of nitrogens with zero attached hydrogens (tertiary/aromatic N) is 8. The number of rotatable bonds is 9. The van der Waals surface area contributed by atoms with Gasteiger partial charge in [0, 0.05) is 80.9 Å². The molecule has 4 aliphatic heterocycles. The Morgan fingerprint density at radius 1 is 0.769 bits per heavy atom.